The average molecular weight is 327 g/mol. The highest BCUT2D eigenvalue weighted by Gasteiger charge is 2.08. The van der Waals surface area contributed by atoms with Gasteiger partial charge in [0.15, 0.2) is 17.3 Å². The largest absolute Gasteiger partial charge is 0.497 e. The molecule has 24 heavy (non-hydrogen) atoms. The van der Waals surface area contributed by atoms with Crippen molar-refractivity contribution in [2.24, 2.45) is 0 Å². The molecule has 0 aliphatic heterocycles. The first-order valence-corrected chi connectivity index (χ1v) is 7.20. The van der Waals surface area contributed by atoms with E-state index in [9.17, 15) is 9.18 Å². The predicted octanol–water partition coefficient (Wildman–Crippen LogP) is 4.29. The van der Waals surface area contributed by atoms with Crippen LogP contribution in [0.5, 0.6) is 11.5 Å². The van der Waals surface area contributed by atoms with Crippen LogP contribution in [0.1, 0.15) is 15.9 Å². The molecule has 0 fully saturated rings. The van der Waals surface area contributed by atoms with E-state index in [4.69, 9.17) is 9.47 Å². The van der Waals surface area contributed by atoms with Gasteiger partial charge in [0.05, 0.1) is 14.2 Å². The number of anilines is 1. The first kappa shape index (κ1) is 17.3. The van der Waals surface area contributed by atoms with Crippen LogP contribution in [-0.4, -0.2) is 20.0 Å². The van der Waals surface area contributed by atoms with Gasteiger partial charge in [0.2, 0.25) is 0 Å². The quantitative estimate of drug-likeness (QED) is 0.608. The van der Waals surface area contributed by atoms with Gasteiger partial charge >= 0.3 is 0 Å². The van der Waals surface area contributed by atoms with Crippen LogP contribution in [0.3, 0.4) is 0 Å². The topological polar surface area (TPSA) is 47.6 Å². The van der Waals surface area contributed by atoms with E-state index < -0.39 is 5.82 Å². The van der Waals surface area contributed by atoms with Gasteiger partial charge in [0.25, 0.3) is 0 Å². The van der Waals surface area contributed by atoms with E-state index in [2.05, 4.69) is 11.9 Å². The van der Waals surface area contributed by atoms with E-state index in [1.165, 1.54) is 37.6 Å². The minimum absolute atomic E-state index is 0.109. The standard InChI is InChI=1S/C19H18FNO3/c1-4-13-11-16(20)19(24-3)12-17(13)21-10-9-18(22)14-5-7-15(23-2)8-6-14/h4-12,21H,1H2,2-3H3/b10-9-. The number of methoxy groups -OCH3 is 2. The number of rotatable bonds is 7. The maximum Gasteiger partial charge on any atom is 0.187 e. The van der Waals surface area contributed by atoms with Crippen LogP contribution >= 0.6 is 0 Å². The van der Waals surface area contributed by atoms with E-state index in [1.807, 2.05) is 0 Å². The highest BCUT2D eigenvalue weighted by Crippen LogP contribution is 2.27. The molecule has 2 aromatic rings. The van der Waals surface area contributed by atoms with Crippen molar-refractivity contribution in [3.05, 3.63) is 72.2 Å². The van der Waals surface area contributed by atoms with E-state index >= 15 is 0 Å². The third kappa shape index (κ3) is 4.01. The second-order valence-electron chi connectivity index (χ2n) is 4.85. The lowest BCUT2D eigenvalue weighted by Crippen LogP contribution is -1.98. The van der Waals surface area contributed by atoms with Gasteiger partial charge < -0.3 is 14.8 Å². The molecule has 0 saturated heterocycles. The zero-order valence-corrected chi connectivity index (χ0v) is 13.5. The third-order valence-corrected chi connectivity index (χ3v) is 3.39. The Hall–Kier alpha value is -3.08. The molecule has 1 N–H and O–H groups in total. The Balaban J connectivity index is 2.12. The molecule has 5 heteroatoms. The van der Waals surface area contributed by atoms with Crippen LogP contribution in [0.15, 0.2) is 55.3 Å². The Morgan fingerprint density at radius 2 is 1.88 bits per heavy atom. The maximum absolute atomic E-state index is 13.7. The molecule has 0 aromatic heterocycles. The number of ether oxygens (including phenoxy) is 2. The SMILES string of the molecule is C=Cc1cc(F)c(OC)cc1N/C=C\C(=O)c1ccc(OC)cc1. The number of carbonyl (C=O) groups excluding carboxylic acids is 1. The lowest BCUT2D eigenvalue weighted by Gasteiger charge is -2.09. The molecule has 124 valence electrons. The molecular weight excluding hydrogens is 309 g/mol. The molecule has 4 nitrogen and oxygen atoms in total. The van der Waals surface area contributed by atoms with Crippen LogP contribution in [-0.2, 0) is 0 Å². The Labute approximate surface area is 140 Å². The lowest BCUT2D eigenvalue weighted by molar-refractivity contribution is 0.104. The minimum Gasteiger partial charge on any atom is -0.497 e. The molecule has 0 radical (unpaired) electrons. The van der Waals surface area contributed by atoms with Gasteiger partial charge in [-0.05, 0) is 30.3 Å². The van der Waals surface area contributed by atoms with Crippen molar-refractivity contribution >= 4 is 17.5 Å². The molecule has 0 spiro atoms. The van der Waals surface area contributed by atoms with Crippen molar-refractivity contribution in [1.29, 1.82) is 0 Å². The summed E-state index contributed by atoms with van der Waals surface area (Å²) in [5.74, 6) is 0.149. The number of hydrogen-bond acceptors (Lipinski definition) is 4. The first-order chi connectivity index (χ1) is 11.6. The van der Waals surface area contributed by atoms with Gasteiger partial charge in [0, 0.05) is 35.2 Å². The minimum atomic E-state index is -0.476. The average Bonchev–Trinajstić information content (AvgIpc) is 2.62. The van der Waals surface area contributed by atoms with Gasteiger partial charge in [-0.3, -0.25) is 4.79 Å². The Morgan fingerprint density at radius 1 is 1.17 bits per heavy atom. The van der Waals surface area contributed by atoms with E-state index in [1.54, 1.807) is 31.4 Å². The summed E-state index contributed by atoms with van der Waals surface area (Å²) < 4.78 is 23.7. The van der Waals surface area contributed by atoms with Gasteiger partial charge in [-0.25, -0.2) is 4.39 Å². The van der Waals surface area contributed by atoms with E-state index in [0.717, 1.165) is 0 Å². The Morgan fingerprint density at radius 3 is 2.46 bits per heavy atom. The number of halogens is 1. The number of benzene rings is 2. The third-order valence-electron chi connectivity index (χ3n) is 3.39. The molecule has 0 aliphatic rings. The summed E-state index contributed by atoms with van der Waals surface area (Å²) in [5, 5.41) is 2.95. The van der Waals surface area contributed by atoms with Crippen LogP contribution in [0, 0.1) is 5.82 Å². The van der Waals surface area contributed by atoms with Gasteiger partial charge in [-0.15, -0.1) is 0 Å². The fourth-order valence-electron chi connectivity index (χ4n) is 2.08. The van der Waals surface area contributed by atoms with Crippen molar-refractivity contribution in [2.45, 2.75) is 0 Å². The summed E-state index contributed by atoms with van der Waals surface area (Å²) in [7, 11) is 2.95. The molecule has 0 saturated carbocycles. The summed E-state index contributed by atoms with van der Waals surface area (Å²) in [4.78, 5) is 12.1. The summed E-state index contributed by atoms with van der Waals surface area (Å²) in [5.41, 5.74) is 1.69. The Bertz CT molecular complexity index is 767. The van der Waals surface area contributed by atoms with E-state index in [0.29, 0.717) is 22.6 Å². The number of allylic oxidation sites excluding steroid dienone is 1. The van der Waals surface area contributed by atoms with Crippen LogP contribution in [0.25, 0.3) is 6.08 Å². The fraction of sp³-hybridized carbons (Fsp3) is 0.105. The number of nitrogens with one attached hydrogen (secondary N) is 1. The van der Waals surface area contributed by atoms with Gasteiger partial charge in [-0.2, -0.15) is 0 Å². The van der Waals surface area contributed by atoms with Crippen LogP contribution in [0.2, 0.25) is 0 Å². The molecule has 2 rings (SSSR count). The van der Waals surface area contributed by atoms with Crippen molar-refractivity contribution in [3.63, 3.8) is 0 Å². The molecule has 0 heterocycles. The second kappa shape index (κ2) is 7.97. The molecule has 0 atom stereocenters. The fourth-order valence-corrected chi connectivity index (χ4v) is 2.08. The molecule has 0 unspecified atom stereocenters. The van der Waals surface area contributed by atoms with Crippen LogP contribution < -0.4 is 14.8 Å². The summed E-state index contributed by atoms with van der Waals surface area (Å²) in [6.45, 7) is 3.64. The van der Waals surface area contributed by atoms with Crippen molar-refractivity contribution in [3.8, 4) is 11.5 Å². The molecule has 0 bridgehead atoms. The molecular formula is C19H18FNO3. The zero-order chi connectivity index (χ0) is 17.5. The summed E-state index contributed by atoms with van der Waals surface area (Å²) in [6, 6.07) is 9.62. The zero-order valence-electron chi connectivity index (χ0n) is 13.5. The van der Waals surface area contributed by atoms with Gasteiger partial charge in [0.1, 0.15) is 5.75 Å². The molecule has 0 amide bonds. The maximum atomic E-state index is 13.7. The highest BCUT2D eigenvalue weighted by molar-refractivity contribution is 6.04. The number of ketones is 1. The van der Waals surface area contributed by atoms with Gasteiger partial charge in [-0.1, -0.05) is 12.7 Å². The normalized spacial score (nSPS) is 10.5. The smallest absolute Gasteiger partial charge is 0.187 e. The summed E-state index contributed by atoms with van der Waals surface area (Å²) >= 11 is 0. The van der Waals surface area contributed by atoms with Crippen LogP contribution in [0.4, 0.5) is 10.1 Å². The van der Waals surface area contributed by atoms with Crippen molar-refractivity contribution in [2.75, 3.05) is 19.5 Å². The molecule has 0 aliphatic carbocycles. The summed E-state index contributed by atoms with van der Waals surface area (Å²) in [6.07, 6.45) is 4.40. The first-order valence-electron chi connectivity index (χ1n) is 7.20. The molecule has 2 aromatic carbocycles. The van der Waals surface area contributed by atoms with E-state index in [-0.39, 0.29) is 11.5 Å². The number of carbonyl (C=O) groups is 1. The monoisotopic (exact) mass is 327 g/mol. The lowest BCUT2D eigenvalue weighted by atomic mass is 10.1. The highest BCUT2D eigenvalue weighted by atomic mass is 19.1. The van der Waals surface area contributed by atoms with Crippen molar-refractivity contribution in [1.82, 2.24) is 0 Å². The number of hydrogen-bond donors (Lipinski definition) is 1. The predicted molar refractivity (Wildman–Crippen MR) is 93.1 cm³/mol. The van der Waals surface area contributed by atoms with Crippen molar-refractivity contribution < 1.29 is 18.7 Å². The Kier molecular flexibility index (Phi) is 5.73. The second-order valence-corrected chi connectivity index (χ2v) is 4.85.